The summed E-state index contributed by atoms with van der Waals surface area (Å²) in [5.74, 6) is 1.32. The van der Waals surface area contributed by atoms with E-state index in [9.17, 15) is 48.6 Å². The fourth-order valence-corrected chi connectivity index (χ4v) is 10.3. The maximum absolute atomic E-state index is 14.4. The first-order valence-corrected chi connectivity index (χ1v) is 25.0. The summed E-state index contributed by atoms with van der Waals surface area (Å²) in [6.07, 6.45) is 8.35. The molecule has 10 rings (SSSR count). The monoisotopic (exact) mass is 1090 g/mol. The zero-order valence-electron chi connectivity index (χ0n) is 42.6. The Balaban J connectivity index is 0.00000792. The predicted molar refractivity (Wildman–Crippen MR) is 297 cm³/mol. The van der Waals surface area contributed by atoms with Crippen LogP contribution in [0.2, 0.25) is 0 Å². The van der Waals surface area contributed by atoms with Crippen LogP contribution in [0.25, 0.3) is 21.5 Å². The average Bonchev–Trinajstić information content (AvgIpc) is 4.10. The number of aliphatic hydroxyl groups is 2. The van der Waals surface area contributed by atoms with E-state index in [1.807, 2.05) is 0 Å². The summed E-state index contributed by atoms with van der Waals surface area (Å²) in [7, 11) is 0. The molecular weight excluding hydrogens is 1040 g/mol. The highest BCUT2D eigenvalue weighted by Gasteiger charge is 2.59. The number of terminal acetylenes is 2. The van der Waals surface area contributed by atoms with Crippen molar-refractivity contribution >= 4 is 80.5 Å². The highest BCUT2D eigenvalue weighted by atomic mass is 16.5. The molecule has 410 valence electrons. The number of esters is 2. The van der Waals surface area contributed by atoms with Crippen LogP contribution < -0.4 is 19.3 Å². The minimum atomic E-state index is -1.54. The van der Waals surface area contributed by atoms with Gasteiger partial charge in [0.2, 0.25) is 0 Å². The molecule has 2 saturated heterocycles. The molecule has 6 aromatic carbocycles. The number of fused-ring (bicyclic) bond motifs is 5. The standard InChI is InChI=1S/C60H48N6O14.CH4/c1-5-23-61-51-52(62(24-6-2)59(61)75)64(32-40(68)34-80-58(74)38-16-20-46-48(30-38)56(72)66(54(46)70)50-14-10-12-36-28-42(78-26-8-4)18-22-44(36)50)60(76)63(51)31-39(67)33-79-57(73)37-15-19-45-47(29-37)55(71)65(53(45)69)49-13-9-11-35-27-41(77-25-7-3)17-21-43(35)49;/h3-6,9-22,27-30,39-40,51-52,67-68H,1-2,23-26,31-34H2;1H4. The van der Waals surface area contributed by atoms with Crippen LogP contribution in [-0.4, -0.2) is 155 Å². The van der Waals surface area contributed by atoms with E-state index >= 15 is 0 Å². The summed E-state index contributed by atoms with van der Waals surface area (Å²) in [5, 5.41) is 25.3. The molecule has 81 heavy (non-hydrogen) atoms. The molecule has 2 N–H and O–H groups in total. The molecule has 20 heteroatoms. The third kappa shape index (κ3) is 10.1. The van der Waals surface area contributed by atoms with Crippen molar-refractivity contribution in [2.24, 2.45) is 0 Å². The van der Waals surface area contributed by atoms with E-state index in [0.29, 0.717) is 44.4 Å². The van der Waals surface area contributed by atoms with Crippen LogP contribution in [0.3, 0.4) is 0 Å². The molecule has 6 aromatic rings. The van der Waals surface area contributed by atoms with E-state index in [1.54, 1.807) is 72.8 Å². The molecule has 0 aliphatic carbocycles. The van der Waals surface area contributed by atoms with Crippen molar-refractivity contribution in [1.29, 1.82) is 0 Å². The number of amides is 8. The Kier molecular flexibility index (Phi) is 15.7. The van der Waals surface area contributed by atoms with Crippen molar-refractivity contribution in [3.05, 3.63) is 168 Å². The lowest BCUT2D eigenvalue weighted by atomic mass is 10.1. The van der Waals surface area contributed by atoms with Crippen molar-refractivity contribution in [3.63, 3.8) is 0 Å². The van der Waals surface area contributed by atoms with Gasteiger partial charge in [-0.05, 0) is 95.7 Å². The van der Waals surface area contributed by atoms with Crippen molar-refractivity contribution in [1.82, 2.24) is 19.6 Å². The SMILES string of the molecule is C.C#CCOc1ccc2c(N3C(=O)c4ccc(C(=O)OCC(O)CN5C(=O)N(CC(O)COC(=O)c6ccc7c(c6)C(=O)N(c6cccc8cc(OCC#C)ccc68)C7=O)C6C5N(CC=C)C(=O)N6CC=C)cc4C3=O)cccc2c1. The first-order chi connectivity index (χ1) is 38.7. The van der Waals surface area contributed by atoms with E-state index in [-0.39, 0.29) is 67.1 Å². The first kappa shape index (κ1) is 55.5. The highest BCUT2D eigenvalue weighted by molar-refractivity contribution is 6.37. The van der Waals surface area contributed by atoms with Gasteiger partial charge >= 0.3 is 24.0 Å². The van der Waals surface area contributed by atoms with Gasteiger partial charge < -0.3 is 29.2 Å². The Labute approximate surface area is 464 Å². The van der Waals surface area contributed by atoms with E-state index < -0.39 is 98.5 Å². The summed E-state index contributed by atoms with van der Waals surface area (Å²) in [5.41, 5.74) is 0.423. The van der Waals surface area contributed by atoms with E-state index in [2.05, 4.69) is 25.0 Å². The smallest absolute Gasteiger partial charge is 0.338 e. The van der Waals surface area contributed by atoms with Gasteiger partial charge in [-0.2, -0.15) is 0 Å². The quantitative estimate of drug-likeness (QED) is 0.0360. The van der Waals surface area contributed by atoms with Gasteiger partial charge in [0.15, 0.2) is 0 Å². The van der Waals surface area contributed by atoms with Crippen LogP contribution in [-0.2, 0) is 9.47 Å². The number of hydrogen-bond acceptors (Lipinski definition) is 14. The van der Waals surface area contributed by atoms with Gasteiger partial charge in [-0.25, -0.2) is 29.0 Å². The van der Waals surface area contributed by atoms with Crippen LogP contribution in [0.4, 0.5) is 21.0 Å². The van der Waals surface area contributed by atoms with E-state index in [4.69, 9.17) is 31.8 Å². The molecule has 8 amide bonds. The Hall–Kier alpha value is -10.3. The number of aliphatic hydroxyl groups excluding tert-OH is 2. The number of carbonyl (C=O) groups is 8. The molecule has 0 bridgehead atoms. The van der Waals surface area contributed by atoms with Crippen molar-refractivity contribution in [2.45, 2.75) is 32.0 Å². The minimum absolute atomic E-state index is 0. The van der Waals surface area contributed by atoms with Crippen LogP contribution in [0.5, 0.6) is 11.5 Å². The molecule has 0 spiro atoms. The fraction of sp³-hybridized carbons (Fsp3) is 0.213. The summed E-state index contributed by atoms with van der Waals surface area (Å²) in [6.45, 7) is 5.28. The Morgan fingerprint density at radius 2 is 0.938 bits per heavy atom. The van der Waals surface area contributed by atoms with Crippen LogP contribution in [0.1, 0.15) is 69.6 Å². The fourth-order valence-electron chi connectivity index (χ4n) is 10.3. The van der Waals surface area contributed by atoms with Gasteiger partial charge in [-0.15, -0.1) is 26.0 Å². The number of hydrogen-bond donors (Lipinski definition) is 2. The first-order valence-electron chi connectivity index (χ1n) is 25.0. The van der Waals surface area contributed by atoms with Gasteiger partial charge in [0.1, 0.15) is 62.5 Å². The second-order valence-electron chi connectivity index (χ2n) is 18.8. The number of β-amino-alcohol motifs (C(OH)–C–C–N with tert-alkyl or cyclic N) is 2. The molecule has 0 saturated carbocycles. The number of ether oxygens (including phenoxy) is 4. The second kappa shape index (κ2) is 23.0. The maximum atomic E-state index is 14.4. The van der Waals surface area contributed by atoms with E-state index in [1.165, 1.54) is 68.1 Å². The molecule has 20 nitrogen and oxygen atoms in total. The number of benzene rings is 6. The lowest BCUT2D eigenvalue weighted by molar-refractivity contribution is 0.0110. The third-order valence-electron chi connectivity index (χ3n) is 13.8. The predicted octanol–water partition coefficient (Wildman–Crippen LogP) is 6.49. The molecule has 4 heterocycles. The molecule has 4 unspecified atom stereocenters. The summed E-state index contributed by atoms with van der Waals surface area (Å²) in [4.78, 5) is 117. The maximum Gasteiger partial charge on any atom is 0.338 e. The molecule has 4 atom stereocenters. The lowest BCUT2D eigenvalue weighted by Gasteiger charge is -2.30. The molecule has 0 radical (unpaired) electrons. The molecule has 0 aromatic heterocycles. The molecular formula is C61H52N6O14. The van der Waals surface area contributed by atoms with Gasteiger partial charge in [0.05, 0.1) is 57.8 Å². The summed E-state index contributed by atoms with van der Waals surface area (Å²) >= 11 is 0. The Morgan fingerprint density at radius 1 is 0.543 bits per heavy atom. The molecule has 4 aliphatic rings. The number of anilines is 2. The summed E-state index contributed by atoms with van der Waals surface area (Å²) < 4.78 is 22.0. The van der Waals surface area contributed by atoms with Crippen LogP contribution >= 0.6 is 0 Å². The van der Waals surface area contributed by atoms with E-state index in [0.717, 1.165) is 9.80 Å². The number of urea groups is 2. The van der Waals surface area contributed by atoms with Crippen LogP contribution in [0, 0.1) is 24.7 Å². The van der Waals surface area contributed by atoms with Gasteiger partial charge in [0, 0.05) is 23.9 Å². The largest absolute Gasteiger partial charge is 0.481 e. The average molecular weight is 1090 g/mol. The normalized spacial score (nSPS) is 16.9. The number of imide groups is 2. The molecule has 4 aliphatic heterocycles. The van der Waals surface area contributed by atoms with Crippen LogP contribution in [0.15, 0.2) is 135 Å². The van der Waals surface area contributed by atoms with Gasteiger partial charge in [-0.3, -0.25) is 38.8 Å². The number of rotatable bonds is 20. The third-order valence-corrected chi connectivity index (χ3v) is 13.8. The zero-order chi connectivity index (χ0) is 56.5. The van der Waals surface area contributed by atoms with Crippen molar-refractivity contribution < 1.29 is 67.5 Å². The lowest BCUT2D eigenvalue weighted by Crippen LogP contribution is -2.50. The summed E-state index contributed by atoms with van der Waals surface area (Å²) in [6, 6.07) is 26.9. The Morgan fingerprint density at radius 3 is 1.33 bits per heavy atom. The minimum Gasteiger partial charge on any atom is -0.481 e. The Bertz CT molecular complexity index is 3500. The number of nitrogens with zero attached hydrogens (tertiary/aromatic N) is 6. The van der Waals surface area contributed by atoms with Gasteiger partial charge in [0.25, 0.3) is 23.6 Å². The zero-order valence-corrected chi connectivity index (χ0v) is 42.6. The topological polar surface area (TPSA) is 233 Å². The van der Waals surface area contributed by atoms with Crippen molar-refractivity contribution in [3.8, 4) is 36.2 Å². The van der Waals surface area contributed by atoms with Crippen molar-refractivity contribution in [2.75, 3.05) is 62.4 Å². The molecule has 2 fully saturated rings. The number of carbonyl (C=O) groups excluding carboxylic acids is 8. The second-order valence-corrected chi connectivity index (χ2v) is 18.8. The van der Waals surface area contributed by atoms with Gasteiger partial charge in [-0.1, -0.05) is 55.7 Å². The highest BCUT2D eigenvalue weighted by Crippen LogP contribution is 2.39.